The highest BCUT2D eigenvalue weighted by atomic mass is 35.5. The summed E-state index contributed by atoms with van der Waals surface area (Å²) in [5, 5.41) is 9.68. The molecule has 1 heterocycles. The summed E-state index contributed by atoms with van der Waals surface area (Å²) in [6, 6.07) is 7.29. The van der Waals surface area contributed by atoms with Crippen molar-refractivity contribution in [2.45, 2.75) is 26.2 Å². The maximum absolute atomic E-state index is 9.15. The van der Waals surface area contributed by atoms with Crippen LogP contribution in [-0.2, 0) is 6.42 Å². The summed E-state index contributed by atoms with van der Waals surface area (Å²) in [4.78, 5) is 4.57. The first-order valence-electron chi connectivity index (χ1n) is 7.99. The van der Waals surface area contributed by atoms with Gasteiger partial charge in [-0.15, -0.1) is 5.10 Å². The third-order valence-electron chi connectivity index (χ3n) is 3.15. The molecule has 1 aromatic heterocycles. The zero-order chi connectivity index (χ0) is 18.6. The van der Waals surface area contributed by atoms with Crippen LogP contribution in [0.5, 0.6) is 0 Å². The molecule has 0 aliphatic carbocycles. The van der Waals surface area contributed by atoms with Gasteiger partial charge in [0.05, 0.1) is 5.69 Å². The summed E-state index contributed by atoms with van der Waals surface area (Å²) >= 11 is 7.84. The fraction of sp³-hybridized carbons (Fsp3) is 0.235. The van der Waals surface area contributed by atoms with Gasteiger partial charge in [-0.3, -0.25) is 4.72 Å². The molecule has 0 aliphatic heterocycles. The summed E-state index contributed by atoms with van der Waals surface area (Å²) < 4.78 is 15.7. The first-order chi connectivity index (χ1) is 12.7. The Morgan fingerprint density at radius 2 is 2.31 bits per heavy atom. The lowest BCUT2D eigenvalue weighted by atomic mass is 10.2. The van der Waals surface area contributed by atoms with Crippen LogP contribution < -0.4 is 10.0 Å². The van der Waals surface area contributed by atoms with Gasteiger partial charge in [0.25, 0.3) is 0 Å². The molecule has 0 unspecified atom stereocenters. The number of allylic oxidation sites excluding steroid dienone is 3. The van der Waals surface area contributed by atoms with Gasteiger partial charge in [0.1, 0.15) is 12.2 Å². The van der Waals surface area contributed by atoms with Crippen LogP contribution in [0.2, 0.25) is 5.02 Å². The quantitative estimate of drug-likeness (QED) is 0.184. The van der Waals surface area contributed by atoms with Crippen molar-refractivity contribution < 1.29 is 4.55 Å². The maximum atomic E-state index is 9.15. The first-order valence-corrected chi connectivity index (χ1v) is 9.97. The van der Waals surface area contributed by atoms with Gasteiger partial charge in [-0.05, 0) is 36.2 Å². The molecule has 2 rings (SSSR count). The lowest BCUT2D eigenvalue weighted by Crippen LogP contribution is -2.25. The highest BCUT2D eigenvalue weighted by Crippen LogP contribution is 2.16. The minimum absolute atomic E-state index is 0.427. The number of hydrogen-bond donors (Lipinski definition) is 3. The number of aromatic nitrogens is 2. The van der Waals surface area contributed by atoms with E-state index in [9.17, 15) is 0 Å². The summed E-state index contributed by atoms with van der Waals surface area (Å²) in [6.07, 6.45) is 8.42. The Bertz CT molecular complexity index is 762. The van der Waals surface area contributed by atoms with Gasteiger partial charge in [0, 0.05) is 34.6 Å². The van der Waals surface area contributed by atoms with Crippen LogP contribution in [0.4, 0.5) is 5.69 Å². The molecule has 138 valence electrons. The van der Waals surface area contributed by atoms with Crippen LogP contribution in [-0.4, -0.2) is 20.1 Å². The van der Waals surface area contributed by atoms with Crippen molar-refractivity contribution in [2.24, 2.45) is 4.99 Å². The molecule has 26 heavy (non-hydrogen) atoms. The fourth-order valence-corrected chi connectivity index (χ4v) is 2.90. The average Bonchev–Trinajstić information content (AvgIpc) is 3.12. The summed E-state index contributed by atoms with van der Waals surface area (Å²) in [5.74, 6) is 0.427. The second-order valence-electron chi connectivity index (χ2n) is 5.17. The van der Waals surface area contributed by atoms with Crippen LogP contribution in [0.15, 0.2) is 58.6 Å². The van der Waals surface area contributed by atoms with Crippen molar-refractivity contribution in [3.63, 3.8) is 0 Å². The van der Waals surface area contributed by atoms with Crippen LogP contribution in [0.1, 0.15) is 25.5 Å². The van der Waals surface area contributed by atoms with Crippen molar-refractivity contribution in [1.29, 1.82) is 0 Å². The van der Waals surface area contributed by atoms with Crippen molar-refractivity contribution in [3.05, 3.63) is 64.3 Å². The topological polar surface area (TPSA) is 82.4 Å². The molecule has 0 bridgehead atoms. The van der Waals surface area contributed by atoms with E-state index in [1.54, 1.807) is 12.1 Å². The van der Waals surface area contributed by atoms with Crippen LogP contribution >= 0.6 is 35.4 Å². The number of guanidine groups is 1. The average molecular weight is 410 g/mol. The highest BCUT2D eigenvalue weighted by molar-refractivity contribution is 7.92. The third-order valence-corrected chi connectivity index (χ3v) is 4.22. The number of hydrogen-bond acceptors (Lipinski definition) is 6. The van der Waals surface area contributed by atoms with E-state index in [4.69, 9.17) is 16.2 Å². The smallest absolute Gasteiger partial charge is 0.212 e. The van der Waals surface area contributed by atoms with Gasteiger partial charge in [-0.1, -0.05) is 47.3 Å². The Labute approximate surface area is 166 Å². The number of halogens is 1. The number of benzene rings is 1. The molecule has 0 aliphatic rings. The fourth-order valence-electron chi connectivity index (χ4n) is 2.06. The first kappa shape index (κ1) is 20.4. The van der Waals surface area contributed by atoms with E-state index in [1.807, 2.05) is 35.7 Å². The Balaban J connectivity index is 2.04. The number of anilines is 1. The van der Waals surface area contributed by atoms with Gasteiger partial charge in [0.2, 0.25) is 5.96 Å². The Hall–Kier alpha value is -1.87. The van der Waals surface area contributed by atoms with Crippen molar-refractivity contribution in [1.82, 2.24) is 14.3 Å². The van der Waals surface area contributed by atoms with Gasteiger partial charge < -0.3 is 9.87 Å². The molecule has 0 radical (unpaired) electrons. The Morgan fingerprint density at radius 3 is 3.00 bits per heavy atom. The molecular weight excluding hydrogens is 390 g/mol. The van der Waals surface area contributed by atoms with E-state index < -0.39 is 0 Å². The SMILES string of the molecule is CC/C=C(\C/C=C\Cc1csnn1)N=C(NSO)Nc1cccc(Cl)c1. The lowest BCUT2D eigenvalue weighted by molar-refractivity contribution is 0.660. The zero-order valence-corrected chi connectivity index (χ0v) is 16.6. The molecule has 2 aromatic rings. The van der Waals surface area contributed by atoms with Gasteiger partial charge in [0.15, 0.2) is 0 Å². The highest BCUT2D eigenvalue weighted by Gasteiger charge is 2.03. The van der Waals surface area contributed by atoms with Gasteiger partial charge >= 0.3 is 0 Å². The molecule has 1 aromatic carbocycles. The second kappa shape index (κ2) is 11.7. The van der Waals surface area contributed by atoms with E-state index in [1.165, 1.54) is 11.5 Å². The lowest BCUT2D eigenvalue weighted by Gasteiger charge is -2.11. The number of aliphatic imine (C=N–C) groups is 1. The van der Waals surface area contributed by atoms with Crippen molar-refractivity contribution >= 4 is 47.0 Å². The number of rotatable bonds is 8. The Morgan fingerprint density at radius 1 is 1.42 bits per heavy atom. The van der Waals surface area contributed by atoms with E-state index in [0.717, 1.165) is 29.9 Å². The molecule has 0 amide bonds. The predicted octanol–water partition coefficient (Wildman–Crippen LogP) is 5.15. The van der Waals surface area contributed by atoms with E-state index in [2.05, 4.69) is 31.5 Å². The largest absolute Gasteiger partial charge is 0.325 e. The van der Waals surface area contributed by atoms with Crippen LogP contribution in [0.25, 0.3) is 0 Å². The number of nitrogens with zero attached hydrogens (tertiary/aromatic N) is 3. The van der Waals surface area contributed by atoms with Gasteiger partial charge in [-0.2, -0.15) is 0 Å². The van der Waals surface area contributed by atoms with E-state index in [0.29, 0.717) is 29.6 Å². The molecule has 6 nitrogen and oxygen atoms in total. The molecule has 9 heteroatoms. The molecular formula is C17H20ClN5OS2. The van der Waals surface area contributed by atoms with Crippen LogP contribution in [0, 0.1) is 0 Å². The van der Waals surface area contributed by atoms with Gasteiger partial charge in [-0.25, -0.2) is 4.99 Å². The molecule has 0 atom stereocenters. The molecule has 0 saturated carbocycles. The minimum Gasteiger partial charge on any atom is -0.325 e. The van der Waals surface area contributed by atoms with E-state index in [-0.39, 0.29) is 0 Å². The summed E-state index contributed by atoms with van der Waals surface area (Å²) in [5.41, 5.74) is 2.61. The van der Waals surface area contributed by atoms with E-state index >= 15 is 0 Å². The second-order valence-corrected chi connectivity index (χ2v) is 6.60. The summed E-state index contributed by atoms with van der Waals surface area (Å²) in [6.45, 7) is 2.05. The molecule has 0 saturated heterocycles. The summed E-state index contributed by atoms with van der Waals surface area (Å²) in [7, 11) is 0. The number of nitrogens with one attached hydrogen (secondary N) is 2. The monoisotopic (exact) mass is 409 g/mol. The minimum atomic E-state index is 0.427. The standard InChI is InChI=1S/C17H20ClN5OS2/c1-2-6-14(8-3-4-9-16-12-25-23-21-16)19-17(22-26-24)20-15-10-5-7-13(18)11-15/h3-7,10-12,24H,2,8-9H2,1H3,(H2,19,20,22)/b4-3-,14-6+. The van der Waals surface area contributed by atoms with Crippen LogP contribution in [0.3, 0.4) is 0 Å². The molecule has 0 spiro atoms. The predicted molar refractivity (Wildman–Crippen MR) is 112 cm³/mol. The van der Waals surface area contributed by atoms with Crippen molar-refractivity contribution in [3.8, 4) is 0 Å². The molecule has 3 N–H and O–H groups in total. The maximum Gasteiger partial charge on any atom is 0.212 e. The Kier molecular flexibility index (Phi) is 9.19. The normalized spacial score (nSPS) is 12.6. The third kappa shape index (κ3) is 7.57. The van der Waals surface area contributed by atoms with Crippen molar-refractivity contribution in [2.75, 3.05) is 5.32 Å². The zero-order valence-electron chi connectivity index (χ0n) is 14.2. The molecule has 0 fully saturated rings.